The van der Waals surface area contributed by atoms with Crippen molar-refractivity contribution in [1.29, 1.82) is 0 Å². The molecule has 1 rings (SSSR count). The maximum atomic E-state index is 3.42. The molecule has 1 saturated heterocycles. The fraction of sp³-hybridized carbons (Fsp3) is 1.00. The van der Waals surface area contributed by atoms with Crippen molar-refractivity contribution in [3.63, 3.8) is 0 Å². The molecule has 0 saturated carbocycles. The Morgan fingerprint density at radius 3 is 2.62 bits per heavy atom. The average molecular weight is 131 g/mol. The molecule has 0 amide bonds. The third-order valence-corrected chi connectivity index (χ3v) is 2.52. The first-order valence-electron chi connectivity index (χ1n) is 3.12. The van der Waals surface area contributed by atoms with Gasteiger partial charge >= 0.3 is 0 Å². The molecule has 48 valence electrons. The van der Waals surface area contributed by atoms with Crippen LogP contribution in [0.4, 0.5) is 0 Å². The molecule has 2 heteroatoms. The van der Waals surface area contributed by atoms with Crippen molar-refractivity contribution in [2.24, 2.45) is 5.92 Å². The lowest BCUT2D eigenvalue weighted by Gasteiger charge is -2.11. The predicted octanol–water partition coefficient (Wildman–Crippen LogP) is 1.30. The fourth-order valence-corrected chi connectivity index (χ4v) is 2.05. The van der Waals surface area contributed by atoms with Crippen molar-refractivity contribution in [3.8, 4) is 0 Å². The van der Waals surface area contributed by atoms with Gasteiger partial charge in [0, 0.05) is 17.7 Å². The van der Waals surface area contributed by atoms with Crippen molar-refractivity contribution in [3.05, 3.63) is 0 Å². The highest BCUT2D eigenvalue weighted by Crippen LogP contribution is 2.15. The minimum Gasteiger partial charge on any atom is -0.304 e. The Hall–Kier alpha value is 0.310. The molecule has 1 heterocycles. The standard InChI is InChI=1S/C6H13NS/c1-5(2)6-3-8-4-7-6/h5-7H,3-4H2,1-2H3/t6-/m0/s1. The minimum absolute atomic E-state index is 0.778. The van der Waals surface area contributed by atoms with Crippen LogP contribution >= 0.6 is 11.8 Å². The molecule has 0 bridgehead atoms. The molecule has 0 aromatic heterocycles. The van der Waals surface area contributed by atoms with Gasteiger partial charge in [0.25, 0.3) is 0 Å². The third kappa shape index (κ3) is 1.39. The molecule has 1 aliphatic heterocycles. The Bertz CT molecular complexity index is 66.9. The average Bonchev–Trinajstić information content (AvgIpc) is 2.12. The Kier molecular flexibility index (Phi) is 2.20. The Balaban J connectivity index is 2.24. The summed E-state index contributed by atoms with van der Waals surface area (Å²) in [5.41, 5.74) is 0. The van der Waals surface area contributed by atoms with Gasteiger partial charge in [-0.3, -0.25) is 0 Å². The van der Waals surface area contributed by atoms with Crippen LogP contribution in [0.2, 0.25) is 0 Å². The first kappa shape index (κ1) is 6.43. The zero-order valence-electron chi connectivity index (χ0n) is 5.48. The second-order valence-corrected chi connectivity index (χ2v) is 3.60. The molecular weight excluding hydrogens is 118 g/mol. The van der Waals surface area contributed by atoms with E-state index in [0.29, 0.717) is 0 Å². The van der Waals surface area contributed by atoms with E-state index in [0.717, 1.165) is 17.8 Å². The third-order valence-electron chi connectivity index (χ3n) is 1.55. The number of rotatable bonds is 1. The quantitative estimate of drug-likeness (QED) is 0.576. The van der Waals surface area contributed by atoms with Crippen LogP contribution in [0.3, 0.4) is 0 Å². The SMILES string of the molecule is CC(C)[C@@H]1CSCN1. The first-order chi connectivity index (χ1) is 3.80. The van der Waals surface area contributed by atoms with Crippen LogP contribution in [0.1, 0.15) is 13.8 Å². The minimum atomic E-state index is 0.778. The summed E-state index contributed by atoms with van der Waals surface area (Å²) >= 11 is 2.00. The molecule has 1 atom stereocenters. The van der Waals surface area contributed by atoms with E-state index in [-0.39, 0.29) is 0 Å². The van der Waals surface area contributed by atoms with Crippen LogP contribution in [0.25, 0.3) is 0 Å². The van der Waals surface area contributed by atoms with Gasteiger partial charge in [-0.05, 0) is 5.92 Å². The number of hydrogen-bond acceptors (Lipinski definition) is 2. The van der Waals surface area contributed by atoms with Gasteiger partial charge in [-0.25, -0.2) is 0 Å². The summed E-state index contributed by atoms with van der Waals surface area (Å²) in [5, 5.41) is 3.42. The van der Waals surface area contributed by atoms with Crippen LogP contribution in [0.15, 0.2) is 0 Å². The van der Waals surface area contributed by atoms with E-state index in [1.807, 2.05) is 11.8 Å². The molecule has 1 nitrogen and oxygen atoms in total. The van der Waals surface area contributed by atoms with Crippen LogP contribution in [0.5, 0.6) is 0 Å². The molecule has 0 aliphatic carbocycles. The van der Waals surface area contributed by atoms with Gasteiger partial charge < -0.3 is 5.32 Å². The van der Waals surface area contributed by atoms with Gasteiger partial charge in [0.15, 0.2) is 0 Å². The highest BCUT2D eigenvalue weighted by Gasteiger charge is 2.16. The molecule has 1 fully saturated rings. The lowest BCUT2D eigenvalue weighted by Crippen LogP contribution is -2.28. The highest BCUT2D eigenvalue weighted by molar-refractivity contribution is 7.99. The summed E-state index contributed by atoms with van der Waals surface area (Å²) in [4.78, 5) is 0. The normalized spacial score (nSPS) is 29.6. The number of hydrogen-bond donors (Lipinski definition) is 1. The van der Waals surface area contributed by atoms with Gasteiger partial charge in [-0.1, -0.05) is 13.8 Å². The Morgan fingerprint density at radius 2 is 2.38 bits per heavy atom. The van der Waals surface area contributed by atoms with Crippen molar-refractivity contribution in [2.75, 3.05) is 11.6 Å². The van der Waals surface area contributed by atoms with Crippen molar-refractivity contribution in [2.45, 2.75) is 19.9 Å². The summed E-state index contributed by atoms with van der Waals surface area (Å²) in [7, 11) is 0. The van der Waals surface area contributed by atoms with Gasteiger partial charge in [0.2, 0.25) is 0 Å². The van der Waals surface area contributed by atoms with Crippen molar-refractivity contribution in [1.82, 2.24) is 5.32 Å². The molecule has 0 aromatic rings. The van der Waals surface area contributed by atoms with Crippen LogP contribution < -0.4 is 5.32 Å². The Morgan fingerprint density at radius 1 is 1.62 bits per heavy atom. The zero-order valence-corrected chi connectivity index (χ0v) is 6.29. The summed E-state index contributed by atoms with van der Waals surface area (Å²) < 4.78 is 0. The summed E-state index contributed by atoms with van der Waals surface area (Å²) in [6, 6.07) is 0.778. The summed E-state index contributed by atoms with van der Waals surface area (Å²) in [5.74, 6) is 3.27. The van der Waals surface area contributed by atoms with Crippen molar-refractivity contribution < 1.29 is 0 Å². The molecule has 8 heavy (non-hydrogen) atoms. The fourth-order valence-electron chi connectivity index (χ4n) is 0.839. The van der Waals surface area contributed by atoms with E-state index in [1.165, 1.54) is 5.75 Å². The lowest BCUT2D eigenvalue weighted by molar-refractivity contribution is 0.474. The number of nitrogens with one attached hydrogen (secondary N) is 1. The van der Waals surface area contributed by atoms with E-state index >= 15 is 0 Å². The first-order valence-corrected chi connectivity index (χ1v) is 4.27. The molecule has 1 N–H and O–H groups in total. The molecule has 1 aliphatic rings. The Labute approximate surface area is 55.2 Å². The summed E-state index contributed by atoms with van der Waals surface area (Å²) in [6.45, 7) is 4.53. The van der Waals surface area contributed by atoms with E-state index in [9.17, 15) is 0 Å². The molecular formula is C6H13NS. The topological polar surface area (TPSA) is 12.0 Å². The van der Waals surface area contributed by atoms with Crippen LogP contribution in [0, 0.1) is 5.92 Å². The van der Waals surface area contributed by atoms with E-state index in [1.54, 1.807) is 0 Å². The highest BCUT2D eigenvalue weighted by atomic mass is 32.2. The maximum Gasteiger partial charge on any atom is 0.0420 e. The largest absolute Gasteiger partial charge is 0.304 e. The second-order valence-electron chi connectivity index (χ2n) is 2.57. The molecule has 0 spiro atoms. The van der Waals surface area contributed by atoms with Crippen LogP contribution in [-0.4, -0.2) is 17.7 Å². The van der Waals surface area contributed by atoms with E-state index < -0.39 is 0 Å². The predicted molar refractivity (Wildman–Crippen MR) is 39.1 cm³/mol. The van der Waals surface area contributed by atoms with E-state index in [4.69, 9.17) is 0 Å². The summed E-state index contributed by atoms with van der Waals surface area (Å²) in [6.07, 6.45) is 0. The van der Waals surface area contributed by atoms with Crippen molar-refractivity contribution >= 4 is 11.8 Å². The van der Waals surface area contributed by atoms with Gasteiger partial charge in [0.1, 0.15) is 0 Å². The molecule has 0 radical (unpaired) electrons. The van der Waals surface area contributed by atoms with Gasteiger partial charge in [-0.15, -0.1) is 11.8 Å². The smallest absolute Gasteiger partial charge is 0.0420 e. The van der Waals surface area contributed by atoms with Gasteiger partial charge in [-0.2, -0.15) is 0 Å². The van der Waals surface area contributed by atoms with E-state index in [2.05, 4.69) is 19.2 Å². The lowest BCUT2D eigenvalue weighted by atomic mass is 10.1. The molecule has 0 aromatic carbocycles. The van der Waals surface area contributed by atoms with Crippen LogP contribution in [-0.2, 0) is 0 Å². The second kappa shape index (κ2) is 2.74. The molecule has 0 unspecified atom stereocenters. The number of thioether (sulfide) groups is 1. The van der Waals surface area contributed by atoms with Gasteiger partial charge in [0.05, 0.1) is 0 Å². The zero-order chi connectivity index (χ0) is 5.98. The monoisotopic (exact) mass is 131 g/mol. The maximum absolute atomic E-state index is 3.42.